The van der Waals surface area contributed by atoms with Crippen molar-refractivity contribution < 1.29 is 47.6 Å². The summed E-state index contributed by atoms with van der Waals surface area (Å²) in [5.74, 6) is -4.58. The molecule has 226 valence electrons. The highest BCUT2D eigenvalue weighted by molar-refractivity contribution is 6.74. The van der Waals surface area contributed by atoms with E-state index >= 15 is 0 Å². The van der Waals surface area contributed by atoms with Gasteiger partial charge < -0.3 is 33.2 Å². The Kier molecular flexibility index (Phi) is 12.8. The van der Waals surface area contributed by atoms with E-state index in [0.717, 1.165) is 53.4 Å². The van der Waals surface area contributed by atoms with E-state index in [2.05, 4.69) is 45.5 Å². The van der Waals surface area contributed by atoms with Crippen molar-refractivity contribution in [3.8, 4) is 0 Å². The minimum Gasteiger partial charge on any atom is -0.467 e. The number of aliphatic hydroxyl groups is 1. The summed E-state index contributed by atoms with van der Waals surface area (Å²) in [5.41, 5.74) is -3.46. The first kappa shape index (κ1) is 35.2. The van der Waals surface area contributed by atoms with Crippen molar-refractivity contribution in [3.63, 3.8) is 0 Å². The molecule has 10 nitrogen and oxygen atoms in total. The molecule has 0 radical (unpaired) electrons. The van der Waals surface area contributed by atoms with Crippen LogP contribution in [0.2, 0.25) is 18.1 Å². The molecule has 1 heterocycles. The molecule has 11 heteroatoms. The molecule has 1 aliphatic rings. The Balaban J connectivity index is 3.74. The van der Waals surface area contributed by atoms with Crippen molar-refractivity contribution in [2.45, 2.75) is 128 Å². The lowest BCUT2D eigenvalue weighted by molar-refractivity contribution is -0.187. The third-order valence-corrected chi connectivity index (χ3v) is 12.0. The molecule has 0 bridgehead atoms. The zero-order valence-corrected chi connectivity index (χ0v) is 26.7. The van der Waals surface area contributed by atoms with E-state index in [1.807, 2.05) is 0 Å². The van der Waals surface area contributed by atoms with Gasteiger partial charge in [-0.25, -0.2) is 14.4 Å². The van der Waals surface area contributed by atoms with Gasteiger partial charge in [-0.3, -0.25) is 0 Å². The normalized spacial score (nSPS) is 22.1. The van der Waals surface area contributed by atoms with Crippen LogP contribution in [-0.2, 0) is 42.5 Å². The first-order valence-corrected chi connectivity index (χ1v) is 16.5. The second-order valence-electron chi connectivity index (χ2n) is 12.0. The molecular weight excluding hydrogens is 524 g/mol. The lowest BCUT2D eigenvalue weighted by atomic mass is 9.82. The van der Waals surface area contributed by atoms with Crippen LogP contribution in [0.3, 0.4) is 0 Å². The van der Waals surface area contributed by atoms with Gasteiger partial charge in [-0.15, -0.1) is 0 Å². The van der Waals surface area contributed by atoms with Crippen LogP contribution in [0.1, 0.15) is 80.1 Å². The molecule has 0 aliphatic carbocycles. The molecular formula is C28H50O10Si. The lowest BCUT2D eigenvalue weighted by Crippen LogP contribution is -2.60. The number of hydrogen-bond donors (Lipinski definition) is 1. The Morgan fingerprint density at radius 1 is 0.974 bits per heavy atom. The molecule has 1 aliphatic heterocycles. The molecule has 0 aromatic heterocycles. The Bertz CT molecular complexity index is 876. The largest absolute Gasteiger partial charge is 0.467 e. The van der Waals surface area contributed by atoms with Crippen LogP contribution >= 0.6 is 0 Å². The van der Waals surface area contributed by atoms with Gasteiger partial charge in [0, 0.05) is 6.08 Å². The van der Waals surface area contributed by atoms with Crippen LogP contribution in [0.5, 0.6) is 0 Å². The summed E-state index contributed by atoms with van der Waals surface area (Å²) >= 11 is 0. The van der Waals surface area contributed by atoms with Gasteiger partial charge in [0.25, 0.3) is 0 Å². The number of esters is 3. The number of ether oxygens (including phenoxy) is 5. The van der Waals surface area contributed by atoms with Gasteiger partial charge in [-0.05, 0) is 38.4 Å². The monoisotopic (exact) mass is 574 g/mol. The highest BCUT2D eigenvalue weighted by Gasteiger charge is 2.63. The van der Waals surface area contributed by atoms with Crippen molar-refractivity contribution in [2.24, 2.45) is 0 Å². The zero-order valence-electron chi connectivity index (χ0n) is 25.7. The van der Waals surface area contributed by atoms with Crippen LogP contribution in [0.15, 0.2) is 11.6 Å². The highest BCUT2D eigenvalue weighted by Crippen LogP contribution is 2.44. The fourth-order valence-electron chi connectivity index (χ4n) is 4.32. The number of carbonyl (C=O) groups is 3. The molecule has 0 amide bonds. The van der Waals surface area contributed by atoms with Crippen LogP contribution in [0, 0.1) is 0 Å². The average Bonchev–Trinajstić information content (AvgIpc) is 3.19. The van der Waals surface area contributed by atoms with Gasteiger partial charge in [0.1, 0.15) is 12.2 Å². The molecule has 4 unspecified atom stereocenters. The van der Waals surface area contributed by atoms with E-state index in [0.29, 0.717) is 12.5 Å². The van der Waals surface area contributed by atoms with E-state index in [1.165, 1.54) is 0 Å². The number of methoxy groups -OCH3 is 3. The number of rotatable bonds is 14. The fraction of sp³-hybridized carbons (Fsp3) is 0.821. The Labute approximate surface area is 234 Å². The van der Waals surface area contributed by atoms with Gasteiger partial charge in [0.15, 0.2) is 14.1 Å². The molecule has 1 N–H and O–H groups in total. The van der Waals surface area contributed by atoms with Crippen LogP contribution in [0.25, 0.3) is 0 Å². The van der Waals surface area contributed by atoms with Gasteiger partial charge >= 0.3 is 17.9 Å². The van der Waals surface area contributed by atoms with Crippen molar-refractivity contribution in [1.82, 2.24) is 0 Å². The maximum Gasteiger partial charge on any atom is 0.345 e. The topological polar surface area (TPSA) is 127 Å². The zero-order chi connectivity index (χ0) is 30.2. The highest BCUT2D eigenvalue weighted by atomic mass is 28.4. The van der Waals surface area contributed by atoms with Crippen molar-refractivity contribution in [3.05, 3.63) is 11.6 Å². The maximum atomic E-state index is 13.3. The Hall–Kier alpha value is -1.79. The van der Waals surface area contributed by atoms with E-state index in [1.54, 1.807) is 13.8 Å². The first-order chi connectivity index (χ1) is 17.9. The van der Waals surface area contributed by atoms with Crippen molar-refractivity contribution >= 4 is 26.2 Å². The van der Waals surface area contributed by atoms with Crippen molar-refractivity contribution in [1.29, 1.82) is 0 Å². The molecule has 1 saturated heterocycles. The number of carbonyl (C=O) groups excluding carboxylic acids is 3. The maximum absolute atomic E-state index is 13.3. The minimum absolute atomic E-state index is 0.140. The molecule has 0 aromatic rings. The standard InChI is InChI=1S/C28H50O10Si/c1-12-13-14-15-16-17-20(38-39(10,11)26(2,3)4)22-23(37-27(5,6)36-22)28(32,25(31)35-9)19(24(30)34-8)18-21(29)33-7/h18,20,22-23,32H,12-17H2,1-11H3. The average molecular weight is 575 g/mol. The van der Waals surface area contributed by atoms with Gasteiger partial charge in [0.05, 0.1) is 33.0 Å². The van der Waals surface area contributed by atoms with E-state index in [-0.39, 0.29) is 5.04 Å². The summed E-state index contributed by atoms with van der Waals surface area (Å²) < 4.78 is 33.7. The molecule has 0 saturated carbocycles. The third-order valence-electron chi connectivity index (χ3n) is 7.53. The van der Waals surface area contributed by atoms with Gasteiger partial charge in [-0.2, -0.15) is 0 Å². The fourth-order valence-corrected chi connectivity index (χ4v) is 5.69. The molecule has 39 heavy (non-hydrogen) atoms. The summed E-state index contributed by atoms with van der Waals surface area (Å²) in [6, 6.07) is 0. The predicted molar refractivity (Wildman–Crippen MR) is 148 cm³/mol. The van der Waals surface area contributed by atoms with Crippen molar-refractivity contribution in [2.75, 3.05) is 21.3 Å². The molecule has 0 aromatic carbocycles. The van der Waals surface area contributed by atoms with E-state index in [9.17, 15) is 19.5 Å². The van der Waals surface area contributed by atoms with Crippen LogP contribution in [-0.4, -0.2) is 82.4 Å². The summed E-state index contributed by atoms with van der Waals surface area (Å²) in [6.07, 6.45) is 3.33. The Morgan fingerprint density at radius 2 is 1.56 bits per heavy atom. The van der Waals surface area contributed by atoms with E-state index in [4.69, 9.17) is 23.4 Å². The SMILES string of the molecule is CCCCCCCC(O[Si](C)(C)C(C)(C)C)C1OC(C)(C)OC1C(O)(C(=O)OC)C(=CC(=O)OC)C(=O)OC. The third kappa shape index (κ3) is 8.85. The van der Waals surface area contributed by atoms with Gasteiger partial charge in [-0.1, -0.05) is 59.8 Å². The van der Waals surface area contributed by atoms with Crippen LogP contribution in [0.4, 0.5) is 0 Å². The summed E-state index contributed by atoms with van der Waals surface area (Å²) in [5, 5.41) is 11.9. The van der Waals surface area contributed by atoms with E-state index < -0.39 is 61.5 Å². The smallest absolute Gasteiger partial charge is 0.345 e. The summed E-state index contributed by atoms with van der Waals surface area (Å²) in [6.45, 7) is 16.0. The predicted octanol–water partition coefficient (Wildman–Crippen LogP) is 4.43. The minimum atomic E-state index is -2.77. The van der Waals surface area contributed by atoms with Crippen LogP contribution < -0.4 is 0 Å². The molecule has 4 atom stereocenters. The number of hydrogen-bond acceptors (Lipinski definition) is 10. The molecule has 1 fully saturated rings. The first-order valence-electron chi connectivity index (χ1n) is 13.6. The molecule has 0 spiro atoms. The summed E-state index contributed by atoms with van der Waals surface area (Å²) in [4.78, 5) is 38.4. The lowest BCUT2D eigenvalue weighted by Gasteiger charge is -2.42. The molecule has 1 rings (SSSR count). The second kappa shape index (κ2) is 14.2. The second-order valence-corrected chi connectivity index (χ2v) is 16.7. The number of unbranched alkanes of at least 4 members (excludes halogenated alkanes) is 4. The quantitative estimate of drug-likeness (QED) is 0.105. The Morgan fingerprint density at radius 3 is 2.05 bits per heavy atom. The summed E-state index contributed by atoms with van der Waals surface area (Å²) in [7, 11) is 0.853. The van der Waals surface area contributed by atoms with Gasteiger partial charge in [0.2, 0.25) is 5.60 Å².